The Morgan fingerprint density at radius 2 is 1.79 bits per heavy atom. The maximum absolute atomic E-state index is 14.4. The van der Waals surface area contributed by atoms with Crippen LogP contribution in [0.4, 0.5) is 10.2 Å². The third-order valence-electron chi connectivity index (χ3n) is 8.71. The molecule has 0 saturated heterocycles. The van der Waals surface area contributed by atoms with Gasteiger partial charge in [-0.15, -0.1) is 11.3 Å². The molecule has 1 aromatic carbocycles. The highest BCUT2D eigenvalue weighted by atomic mass is 35.5. The number of anilines is 1. The standard InChI is InChI=1S/C31H40Cl2FN3O4SSi/c1-16(2)43(17(3)4,18(5)6)41-26-11-21(9-19(26)14-38)37-31-24(13-35-15-36-31)29(40)27-12-23(30(33)42-27)28(39)22-10-20(32)7-8-25(22)34/h7-8,10,12-13,15-19,21,26,28,38-39H,9,11,14H2,1-6H3,(H,35,36,37)/t19-,21-,26+,28+/m1/s1. The van der Waals surface area contributed by atoms with E-state index in [2.05, 4.69) is 56.8 Å². The van der Waals surface area contributed by atoms with Crippen LogP contribution in [0.5, 0.6) is 0 Å². The van der Waals surface area contributed by atoms with Crippen molar-refractivity contribution in [2.75, 3.05) is 11.9 Å². The molecule has 0 bridgehead atoms. The van der Waals surface area contributed by atoms with Crippen molar-refractivity contribution in [3.63, 3.8) is 0 Å². The first kappa shape index (κ1) is 34.0. The van der Waals surface area contributed by atoms with Crippen LogP contribution in [0, 0.1) is 11.7 Å². The Labute approximate surface area is 268 Å². The summed E-state index contributed by atoms with van der Waals surface area (Å²) in [5, 5.41) is 24.9. The number of benzene rings is 1. The minimum atomic E-state index is -2.17. The van der Waals surface area contributed by atoms with Gasteiger partial charge in [-0.05, 0) is 53.7 Å². The summed E-state index contributed by atoms with van der Waals surface area (Å²) in [5.41, 5.74) is 1.67. The largest absolute Gasteiger partial charge is 0.413 e. The number of aromatic nitrogens is 2. The Bertz CT molecular complexity index is 1420. The fourth-order valence-electron chi connectivity index (χ4n) is 6.72. The maximum Gasteiger partial charge on any atom is 0.208 e. The Hall–Kier alpha value is -1.92. The van der Waals surface area contributed by atoms with Crippen molar-refractivity contribution in [3.05, 3.63) is 73.5 Å². The van der Waals surface area contributed by atoms with Gasteiger partial charge in [0, 0.05) is 40.9 Å². The average Bonchev–Trinajstić information content (AvgIpc) is 3.54. The Balaban J connectivity index is 1.56. The highest BCUT2D eigenvalue weighted by molar-refractivity contribution is 7.18. The molecule has 2 heterocycles. The number of hydrogen-bond donors (Lipinski definition) is 3. The van der Waals surface area contributed by atoms with E-state index in [0.717, 1.165) is 11.3 Å². The molecule has 0 radical (unpaired) electrons. The van der Waals surface area contributed by atoms with E-state index in [4.69, 9.17) is 27.6 Å². The molecule has 3 N–H and O–H groups in total. The van der Waals surface area contributed by atoms with E-state index < -0.39 is 20.2 Å². The van der Waals surface area contributed by atoms with Gasteiger partial charge in [0.25, 0.3) is 0 Å². The van der Waals surface area contributed by atoms with Crippen LogP contribution in [0.3, 0.4) is 0 Å². The third-order valence-corrected chi connectivity index (χ3v) is 16.5. The van der Waals surface area contributed by atoms with Crippen molar-refractivity contribution in [1.29, 1.82) is 0 Å². The molecular weight excluding hydrogens is 628 g/mol. The van der Waals surface area contributed by atoms with Crippen molar-refractivity contribution < 1.29 is 23.8 Å². The van der Waals surface area contributed by atoms with Gasteiger partial charge in [0.1, 0.15) is 24.1 Å². The van der Waals surface area contributed by atoms with Gasteiger partial charge in [0.2, 0.25) is 14.1 Å². The lowest BCUT2D eigenvalue weighted by Gasteiger charge is -2.45. The third kappa shape index (κ3) is 7.00. The summed E-state index contributed by atoms with van der Waals surface area (Å²) in [4.78, 5) is 22.4. The van der Waals surface area contributed by atoms with Gasteiger partial charge < -0.3 is 20.0 Å². The first-order chi connectivity index (χ1) is 20.3. The summed E-state index contributed by atoms with van der Waals surface area (Å²) in [7, 11) is -2.17. The Morgan fingerprint density at radius 1 is 1.12 bits per heavy atom. The molecule has 43 heavy (non-hydrogen) atoms. The highest BCUT2D eigenvalue weighted by Crippen LogP contribution is 2.46. The molecule has 12 heteroatoms. The van der Waals surface area contributed by atoms with Crippen LogP contribution < -0.4 is 5.32 Å². The average molecular weight is 669 g/mol. The fourth-order valence-corrected chi connectivity index (χ4v) is 13.8. The minimum absolute atomic E-state index is 0.0171. The second-order valence-corrected chi connectivity index (χ2v) is 19.7. The number of nitrogens with one attached hydrogen (secondary N) is 1. The summed E-state index contributed by atoms with van der Waals surface area (Å²) in [5.74, 6) is -0.677. The number of nitrogens with zero attached hydrogens (tertiary/aromatic N) is 2. The van der Waals surface area contributed by atoms with Crippen molar-refractivity contribution in [3.8, 4) is 0 Å². The van der Waals surface area contributed by atoms with Gasteiger partial charge in [-0.3, -0.25) is 4.79 Å². The van der Waals surface area contributed by atoms with Crippen LogP contribution in [-0.4, -0.2) is 53.0 Å². The molecule has 4 rings (SSSR count). The number of carbonyl (C=O) groups excluding carboxylic acids is 1. The van der Waals surface area contributed by atoms with Gasteiger partial charge >= 0.3 is 0 Å². The minimum Gasteiger partial charge on any atom is -0.413 e. The fraction of sp³-hybridized carbons (Fsp3) is 0.516. The highest BCUT2D eigenvalue weighted by Gasteiger charge is 2.49. The van der Waals surface area contributed by atoms with Gasteiger partial charge in [0.15, 0.2) is 0 Å². The number of hydrogen-bond acceptors (Lipinski definition) is 8. The van der Waals surface area contributed by atoms with Crippen LogP contribution >= 0.6 is 34.5 Å². The summed E-state index contributed by atoms with van der Waals surface area (Å²) in [6, 6.07) is 5.28. The molecular formula is C31H40Cl2FN3O4SSi. The van der Waals surface area contributed by atoms with Crippen LogP contribution in [0.15, 0.2) is 36.8 Å². The first-order valence-electron chi connectivity index (χ1n) is 14.6. The quantitative estimate of drug-likeness (QED) is 0.133. The van der Waals surface area contributed by atoms with Gasteiger partial charge in [0.05, 0.1) is 20.9 Å². The lowest BCUT2D eigenvalue weighted by atomic mass is 10.0. The van der Waals surface area contributed by atoms with Crippen LogP contribution in [0.1, 0.15) is 86.9 Å². The number of aliphatic hydroxyl groups excluding tert-OH is 2. The van der Waals surface area contributed by atoms with Gasteiger partial charge in [-0.2, -0.15) is 0 Å². The molecule has 7 nitrogen and oxygen atoms in total. The molecule has 234 valence electrons. The van der Waals surface area contributed by atoms with E-state index >= 15 is 0 Å². The zero-order chi connectivity index (χ0) is 31.6. The van der Waals surface area contributed by atoms with E-state index in [0.29, 0.717) is 35.3 Å². The molecule has 4 atom stereocenters. The number of rotatable bonds is 12. The van der Waals surface area contributed by atoms with Crippen molar-refractivity contribution in [2.24, 2.45) is 5.92 Å². The first-order valence-corrected chi connectivity index (χ1v) is 18.3. The van der Waals surface area contributed by atoms with Gasteiger partial charge in [-0.25, -0.2) is 14.4 Å². The number of carbonyl (C=O) groups is 1. The Morgan fingerprint density at radius 3 is 2.42 bits per heavy atom. The molecule has 0 amide bonds. The van der Waals surface area contributed by atoms with E-state index in [-0.39, 0.29) is 61.4 Å². The lowest BCUT2D eigenvalue weighted by molar-refractivity contribution is 0.0941. The van der Waals surface area contributed by atoms with Crippen LogP contribution in [-0.2, 0) is 4.43 Å². The monoisotopic (exact) mass is 667 g/mol. The molecule has 1 fully saturated rings. The SMILES string of the molecule is CC(C)[Si](O[C@H]1C[C@H](Nc2ncncc2C(=O)c2cc([C@@H](O)c3cc(Cl)ccc3F)c(Cl)s2)C[C@@H]1CO)(C(C)C)C(C)C. The van der Waals surface area contributed by atoms with Crippen molar-refractivity contribution >= 4 is 54.5 Å². The van der Waals surface area contributed by atoms with E-state index in [1.54, 1.807) is 0 Å². The summed E-state index contributed by atoms with van der Waals surface area (Å²) in [6.45, 7) is 13.5. The second-order valence-electron chi connectivity index (χ2n) is 12.3. The molecule has 1 aliphatic carbocycles. The van der Waals surface area contributed by atoms with E-state index in [1.807, 2.05) is 0 Å². The molecule has 0 unspecified atom stereocenters. The molecule has 0 spiro atoms. The smallest absolute Gasteiger partial charge is 0.208 e. The molecule has 3 aromatic rings. The van der Waals surface area contributed by atoms with Crippen LogP contribution in [0.2, 0.25) is 26.0 Å². The molecule has 1 saturated carbocycles. The van der Waals surface area contributed by atoms with E-state index in [9.17, 15) is 19.4 Å². The lowest BCUT2D eigenvalue weighted by Crippen LogP contribution is -2.51. The molecule has 1 aliphatic rings. The number of thiophene rings is 1. The zero-order valence-corrected chi connectivity index (χ0v) is 28.6. The predicted molar refractivity (Wildman–Crippen MR) is 173 cm³/mol. The van der Waals surface area contributed by atoms with Crippen molar-refractivity contribution in [2.45, 2.75) is 89.3 Å². The van der Waals surface area contributed by atoms with Crippen LogP contribution in [0.25, 0.3) is 0 Å². The Kier molecular flexibility index (Phi) is 11.1. The van der Waals surface area contributed by atoms with Crippen molar-refractivity contribution in [1.82, 2.24) is 9.97 Å². The second kappa shape index (κ2) is 14.0. The normalized spacial score (nSPS) is 19.9. The number of ketones is 1. The summed E-state index contributed by atoms with van der Waals surface area (Å²) < 4.78 is 21.7. The zero-order valence-electron chi connectivity index (χ0n) is 25.3. The molecule has 2 aromatic heterocycles. The number of aliphatic hydroxyl groups is 2. The van der Waals surface area contributed by atoms with E-state index in [1.165, 1.54) is 36.8 Å². The summed E-state index contributed by atoms with van der Waals surface area (Å²) in [6.07, 6.45) is 2.66. The predicted octanol–water partition coefficient (Wildman–Crippen LogP) is 8.04. The maximum atomic E-state index is 14.4. The molecule has 0 aliphatic heterocycles. The topological polar surface area (TPSA) is 105 Å². The number of halogens is 3. The van der Waals surface area contributed by atoms with Gasteiger partial charge in [-0.1, -0.05) is 64.7 Å². The summed E-state index contributed by atoms with van der Waals surface area (Å²) >= 11 is 13.4.